The Labute approximate surface area is 95.1 Å². The van der Waals surface area contributed by atoms with Crippen molar-refractivity contribution in [3.63, 3.8) is 0 Å². The van der Waals surface area contributed by atoms with Crippen molar-refractivity contribution >= 4 is 11.5 Å². The zero-order valence-corrected chi connectivity index (χ0v) is 9.66. The van der Waals surface area contributed by atoms with Crippen molar-refractivity contribution in [2.24, 2.45) is 0 Å². The van der Waals surface area contributed by atoms with Gasteiger partial charge >= 0.3 is 0 Å². The van der Waals surface area contributed by atoms with Crippen LogP contribution in [0.5, 0.6) is 0 Å². The minimum atomic E-state index is -0.304. The topological polar surface area (TPSA) is 20.3 Å². The van der Waals surface area contributed by atoms with Crippen molar-refractivity contribution in [2.45, 2.75) is 32.2 Å². The molecule has 1 saturated carbocycles. The summed E-state index contributed by atoms with van der Waals surface area (Å²) in [5, 5.41) is 0. The molecule has 0 atom stereocenters. The molecule has 0 aromatic heterocycles. The first kappa shape index (κ1) is 11.1. The average molecular weight is 221 g/mol. The van der Waals surface area contributed by atoms with Crippen LogP contribution in [-0.2, 0) is 0 Å². The molecular formula is C13H16FNO. The molecule has 2 nitrogen and oxygen atoms in total. The summed E-state index contributed by atoms with van der Waals surface area (Å²) in [5.74, 6) is -0.404. The predicted octanol–water partition coefficient (Wildman–Crippen LogP) is 3.02. The second-order valence-electron chi connectivity index (χ2n) is 4.42. The van der Waals surface area contributed by atoms with Crippen molar-refractivity contribution < 1.29 is 9.18 Å². The van der Waals surface area contributed by atoms with Gasteiger partial charge in [-0.1, -0.05) is 0 Å². The molecule has 0 saturated heterocycles. The van der Waals surface area contributed by atoms with E-state index in [9.17, 15) is 9.18 Å². The molecule has 1 aliphatic carbocycles. The first-order valence-electron chi connectivity index (χ1n) is 5.63. The third-order valence-corrected chi connectivity index (χ3v) is 3.36. The molecule has 0 N–H and O–H groups in total. The first-order valence-corrected chi connectivity index (χ1v) is 5.63. The molecular weight excluding hydrogens is 205 g/mol. The number of anilines is 1. The maximum absolute atomic E-state index is 13.8. The normalized spacial score (nSPS) is 15.7. The summed E-state index contributed by atoms with van der Waals surface area (Å²) in [5.41, 5.74) is 1.03. The molecule has 1 aromatic carbocycles. The van der Waals surface area contributed by atoms with Crippen LogP contribution in [0, 0.1) is 5.82 Å². The van der Waals surface area contributed by atoms with Crippen LogP contribution in [0.1, 0.15) is 36.5 Å². The summed E-state index contributed by atoms with van der Waals surface area (Å²) in [6.07, 6.45) is 3.48. The zero-order valence-electron chi connectivity index (χ0n) is 9.66. The highest BCUT2D eigenvalue weighted by Crippen LogP contribution is 2.30. The van der Waals surface area contributed by atoms with Crippen LogP contribution in [0.15, 0.2) is 18.2 Å². The summed E-state index contributed by atoms with van der Waals surface area (Å²) in [6, 6.07) is 5.17. The number of hydrogen-bond acceptors (Lipinski definition) is 2. The van der Waals surface area contributed by atoms with Gasteiger partial charge in [-0.25, -0.2) is 4.39 Å². The van der Waals surface area contributed by atoms with E-state index >= 15 is 0 Å². The standard InChI is InChI=1S/C13H16FNO/c1-9(16)10-6-7-13(12(14)8-10)15(2)11-4-3-5-11/h6-8,11H,3-5H2,1-2H3. The van der Waals surface area contributed by atoms with E-state index in [0.717, 1.165) is 12.8 Å². The van der Waals surface area contributed by atoms with Crippen LogP contribution in [0.4, 0.5) is 10.1 Å². The second-order valence-corrected chi connectivity index (χ2v) is 4.42. The number of carbonyl (C=O) groups is 1. The minimum absolute atomic E-state index is 0.100. The molecule has 0 bridgehead atoms. The molecule has 0 spiro atoms. The van der Waals surface area contributed by atoms with E-state index in [4.69, 9.17) is 0 Å². The van der Waals surface area contributed by atoms with E-state index in [2.05, 4.69) is 0 Å². The molecule has 1 fully saturated rings. The molecule has 1 aromatic rings. The molecule has 1 aliphatic rings. The summed E-state index contributed by atoms with van der Waals surface area (Å²) in [7, 11) is 1.91. The summed E-state index contributed by atoms with van der Waals surface area (Å²) >= 11 is 0. The van der Waals surface area contributed by atoms with Gasteiger partial charge in [-0.2, -0.15) is 0 Å². The highest BCUT2D eigenvalue weighted by Gasteiger charge is 2.24. The molecule has 16 heavy (non-hydrogen) atoms. The molecule has 3 heteroatoms. The molecule has 0 radical (unpaired) electrons. The quantitative estimate of drug-likeness (QED) is 0.731. The summed E-state index contributed by atoms with van der Waals surface area (Å²) in [4.78, 5) is 13.1. The lowest BCUT2D eigenvalue weighted by Crippen LogP contribution is -2.37. The van der Waals surface area contributed by atoms with Gasteiger partial charge in [0.1, 0.15) is 5.82 Å². The van der Waals surface area contributed by atoms with E-state index in [1.165, 1.54) is 19.4 Å². The molecule has 0 aliphatic heterocycles. The number of ketones is 1. The predicted molar refractivity (Wildman–Crippen MR) is 62.4 cm³/mol. The number of benzene rings is 1. The average Bonchev–Trinajstić information content (AvgIpc) is 2.14. The maximum atomic E-state index is 13.8. The fourth-order valence-corrected chi connectivity index (χ4v) is 1.98. The number of carbonyl (C=O) groups excluding carboxylic acids is 1. The van der Waals surface area contributed by atoms with Crippen molar-refractivity contribution in [1.82, 2.24) is 0 Å². The molecule has 0 amide bonds. The van der Waals surface area contributed by atoms with Crippen LogP contribution < -0.4 is 4.90 Å². The molecule has 86 valence electrons. The Hall–Kier alpha value is -1.38. The molecule has 0 unspecified atom stereocenters. The van der Waals surface area contributed by atoms with Gasteiger partial charge in [-0.15, -0.1) is 0 Å². The van der Waals surface area contributed by atoms with Crippen LogP contribution in [0.3, 0.4) is 0 Å². The van der Waals surface area contributed by atoms with Gasteiger partial charge in [0.15, 0.2) is 5.78 Å². The van der Waals surface area contributed by atoms with E-state index < -0.39 is 0 Å². The smallest absolute Gasteiger partial charge is 0.159 e. The second kappa shape index (κ2) is 4.24. The van der Waals surface area contributed by atoms with E-state index in [0.29, 0.717) is 17.3 Å². The van der Waals surface area contributed by atoms with Crippen molar-refractivity contribution in [3.05, 3.63) is 29.6 Å². The monoisotopic (exact) mass is 221 g/mol. The Balaban J connectivity index is 2.24. The lowest BCUT2D eigenvalue weighted by atomic mass is 9.91. The van der Waals surface area contributed by atoms with Gasteiger partial charge < -0.3 is 4.90 Å². The summed E-state index contributed by atoms with van der Waals surface area (Å²) in [6.45, 7) is 1.45. The lowest BCUT2D eigenvalue weighted by Gasteiger charge is -2.36. The number of Topliss-reactive ketones (excluding diaryl/α,β-unsaturated/α-hetero) is 1. The SMILES string of the molecule is CC(=O)c1ccc(N(C)C2CCC2)c(F)c1. The first-order chi connectivity index (χ1) is 7.59. The zero-order chi connectivity index (χ0) is 11.7. The van der Waals surface area contributed by atoms with Crippen LogP contribution in [0.2, 0.25) is 0 Å². The third kappa shape index (κ3) is 1.94. The highest BCUT2D eigenvalue weighted by atomic mass is 19.1. The Morgan fingerprint density at radius 1 is 1.44 bits per heavy atom. The Morgan fingerprint density at radius 2 is 2.12 bits per heavy atom. The van der Waals surface area contributed by atoms with Gasteiger partial charge in [0.2, 0.25) is 0 Å². The Bertz CT molecular complexity index is 412. The van der Waals surface area contributed by atoms with Crippen LogP contribution in [0.25, 0.3) is 0 Å². The van der Waals surface area contributed by atoms with Gasteiger partial charge in [0.05, 0.1) is 5.69 Å². The van der Waals surface area contributed by atoms with Crippen LogP contribution >= 0.6 is 0 Å². The van der Waals surface area contributed by atoms with Gasteiger partial charge in [0.25, 0.3) is 0 Å². The van der Waals surface area contributed by atoms with Crippen molar-refractivity contribution in [3.8, 4) is 0 Å². The van der Waals surface area contributed by atoms with Crippen LogP contribution in [-0.4, -0.2) is 18.9 Å². The van der Waals surface area contributed by atoms with Gasteiger partial charge in [-0.3, -0.25) is 4.79 Å². The molecule has 0 heterocycles. The maximum Gasteiger partial charge on any atom is 0.159 e. The minimum Gasteiger partial charge on any atom is -0.369 e. The highest BCUT2D eigenvalue weighted by molar-refractivity contribution is 5.94. The number of nitrogens with zero attached hydrogens (tertiary/aromatic N) is 1. The van der Waals surface area contributed by atoms with Crippen molar-refractivity contribution in [1.29, 1.82) is 0 Å². The Morgan fingerprint density at radius 3 is 2.56 bits per heavy atom. The number of hydrogen-bond donors (Lipinski definition) is 0. The van der Waals surface area contributed by atoms with E-state index in [1.807, 2.05) is 11.9 Å². The third-order valence-electron chi connectivity index (χ3n) is 3.36. The number of rotatable bonds is 3. The molecule has 2 rings (SSSR count). The van der Waals surface area contributed by atoms with E-state index in [-0.39, 0.29) is 11.6 Å². The van der Waals surface area contributed by atoms with E-state index in [1.54, 1.807) is 12.1 Å². The van der Waals surface area contributed by atoms with Gasteiger partial charge in [-0.05, 0) is 44.4 Å². The van der Waals surface area contributed by atoms with Gasteiger partial charge in [0, 0.05) is 18.7 Å². The fourth-order valence-electron chi connectivity index (χ4n) is 1.98. The van der Waals surface area contributed by atoms with Crippen molar-refractivity contribution in [2.75, 3.05) is 11.9 Å². The number of halogens is 1. The lowest BCUT2D eigenvalue weighted by molar-refractivity contribution is 0.101. The summed E-state index contributed by atoms with van der Waals surface area (Å²) < 4.78 is 13.8. The largest absolute Gasteiger partial charge is 0.369 e. The Kier molecular flexibility index (Phi) is 2.95. The fraction of sp³-hybridized carbons (Fsp3) is 0.462.